The van der Waals surface area contributed by atoms with Crippen LogP contribution in [-0.2, 0) is 4.74 Å². The van der Waals surface area contributed by atoms with Crippen molar-refractivity contribution in [2.75, 3.05) is 63.9 Å². The molecule has 11 heteroatoms. The standard InChI is InChI=1S/C30H37F3N6O2/c1-3-22(19-34-21(2)30(31,32)33)27(38-15-17-41-18-16-38)20-35-29(40)25-5-4-6-26-24(25)9-10-28(36-26)39-13-11-37(12-14-39)23-7-8-23/h3-6,9-10,19,23,27H,1,7-8,11-18,20H2,2H3,(H,35,40)/b22-19+,34-21+. The molecule has 3 heterocycles. The normalized spacial score (nSPS) is 20.7. The van der Waals surface area contributed by atoms with Gasteiger partial charge in [0.2, 0.25) is 0 Å². The van der Waals surface area contributed by atoms with Crippen LogP contribution in [0.3, 0.4) is 0 Å². The van der Waals surface area contributed by atoms with Gasteiger partial charge in [-0.2, -0.15) is 13.2 Å². The number of pyridine rings is 1. The molecule has 8 nitrogen and oxygen atoms in total. The molecule has 3 aliphatic rings. The number of halogens is 3. The monoisotopic (exact) mass is 570 g/mol. The lowest BCUT2D eigenvalue weighted by Crippen LogP contribution is -2.49. The van der Waals surface area contributed by atoms with Gasteiger partial charge in [0.25, 0.3) is 5.91 Å². The van der Waals surface area contributed by atoms with Gasteiger partial charge in [0.1, 0.15) is 11.5 Å². The Morgan fingerprint density at radius 1 is 1.15 bits per heavy atom. The first-order valence-corrected chi connectivity index (χ1v) is 14.2. The van der Waals surface area contributed by atoms with Gasteiger partial charge >= 0.3 is 6.18 Å². The summed E-state index contributed by atoms with van der Waals surface area (Å²) in [6.07, 6.45) is 0.786. The molecule has 1 unspecified atom stereocenters. The molecule has 1 amide bonds. The number of amides is 1. The van der Waals surface area contributed by atoms with Crippen LogP contribution >= 0.6 is 0 Å². The molecule has 2 saturated heterocycles. The predicted molar refractivity (Wildman–Crippen MR) is 155 cm³/mol. The van der Waals surface area contributed by atoms with Gasteiger partial charge in [0, 0.05) is 69.0 Å². The number of carbonyl (C=O) groups excluding carboxylic acids is 1. The van der Waals surface area contributed by atoms with E-state index in [9.17, 15) is 18.0 Å². The van der Waals surface area contributed by atoms with E-state index < -0.39 is 17.9 Å². The second-order valence-electron chi connectivity index (χ2n) is 10.7. The molecule has 5 rings (SSSR count). The van der Waals surface area contributed by atoms with Crippen LogP contribution in [0.2, 0.25) is 0 Å². The zero-order chi connectivity index (χ0) is 29.0. The number of benzene rings is 1. The first-order valence-electron chi connectivity index (χ1n) is 14.2. The van der Waals surface area contributed by atoms with Gasteiger partial charge in [-0.25, -0.2) is 4.98 Å². The molecule has 1 saturated carbocycles. The molecular formula is C30H37F3N6O2. The Morgan fingerprint density at radius 3 is 2.54 bits per heavy atom. The molecule has 1 aromatic carbocycles. The highest BCUT2D eigenvalue weighted by atomic mass is 19.4. The molecule has 0 bridgehead atoms. The third kappa shape index (κ3) is 7.14. The Bertz CT molecular complexity index is 1310. The number of carbonyl (C=O) groups is 1. The minimum Gasteiger partial charge on any atom is -0.379 e. The van der Waals surface area contributed by atoms with Gasteiger partial charge in [-0.3, -0.25) is 19.6 Å². The number of hydrogen-bond acceptors (Lipinski definition) is 7. The summed E-state index contributed by atoms with van der Waals surface area (Å²) in [6, 6.07) is 9.76. The van der Waals surface area contributed by atoms with Crippen molar-refractivity contribution < 1.29 is 22.7 Å². The third-order valence-electron chi connectivity index (χ3n) is 8.04. The number of piperazine rings is 1. The molecule has 220 valence electrons. The number of ether oxygens (including phenoxy) is 1. The van der Waals surface area contributed by atoms with Crippen molar-refractivity contribution in [3.8, 4) is 0 Å². The number of anilines is 1. The van der Waals surface area contributed by atoms with Gasteiger partial charge in [-0.15, -0.1) is 0 Å². The van der Waals surface area contributed by atoms with Crippen molar-refractivity contribution in [2.24, 2.45) is 4.99 Å². The van der Waals surface area contributed by atoms with E-state index in [0.29, 0.717) is 37.4 Å². The molecular weight excluding hydrogens is 533 g/mol. The average molecular weight is 571 g/mol. The molecule has 1 N–H and O–H groups in total. The topological polar surface area (TPSA) is 73.3 Å². The average Bonchev–Trinajstić information content (AvgIpc) is 3.84. The van der Waals surface area contributed by atoms with E-state index in [4.69, 9.17) is 9.72 Å². The maximum absolute atomic E-state index is 13.4. The smallest absolute Gasteiger partial charge is 0.379 e. The molecule has 3 fully saturated rings. The minimum atomic E-state index is -4.52. The maximum atomic E-state index is 13.4. The van der Waals surface area contributed by atoms with Crippen molar-refractivity contribution in [3.05, 3.63) is 60.3 Å². The molecule has 0 spiro atoms. The second kappa shape index (κ2) is 12.7. The van der Waals surface area contributed by atoms with E-state index in [1.807, 2.05) is 24.3 Å². The maximum Gasteiger partial charge on any atom is 0.429 e. The Hall–Kier alpha value is -3.28. The molecule has 2 aromatic rings. The second-order valence-corrected chi connectivity index (χ2v) is 10.7. The number of aliphatic imine (C=N–C) groups is 1. The molecule has 41 heavy (non-hydrogen) atoms. The fourth-order valence-corrected chi connectivity index (χ4v) is 5.43. The lowest BCUT2D eigenvalue weighted by atomic mass is 10.0. The third-order valence-corrected chi connectivity index (χ3v) is 8.04. The van der Waals surface area contributed by atoms with Crippen LogP contribution in [0, 0.1) is 0 Å². The zero-order valence-electron chi connectivity index (χ0n) is 23.4. The van der Waals surface area contributed by atoms with Crippen molar-refractivity contribution in [1.29, 1.82) is 0 Å². The van der Waals surface area contributed by atoms with Crippen LogP contribution in [0.5, 0.6) is 0 Å². The summed E-state index contributed by atoms with van der Waals surface area (Å²) in [4.78, 5) is 28.9. The number of morpholine rings is 1. The van der Waals surface area contributed by atoms with Gasteiger partial charge in [-0.1, -0.05) is 18.7 Å². The minimum absolute atomic E-state index is 0.171. The SMILES string of the molecule is C=C/C(=C\N=C(/C)C(F)(F)F)C(CNC(=O)c1cccc2nc(N3CCN(C4CC4)CC3)ccc12)N1CCOCC1. The van der Waals surface area contributed by atoms with E-state index in [1.54, 1.807) is 6.07 Å². The van der Waals surface area contributed by atoms with Crippen LogP contribution in [0.15, 0.2) is 59.8 Å². The Balaban J connectivity index is 1.31. The van der Waals surface area contributed by atoms with Gasteiger partial charge in [0.05, 0.1) is 24.8 Å². The summed E-state index contributed by atoms with van der Waals surface area (Å²) in [5.41, 5.74) is 0.778. The Morgan fingerprint density at radius 2 is 1.88 bits per heavy atom. The molecule has 2 aliphatic heterocycles. The van der Waals surface area contributed by atoms with Crippen LogP contribution in [0.25, 0.3) is 10.9 Å². The van der Waals surface area contributed by atoms with Gasteiger partial charge < -0.3 is 15.0 Å². The summed E-state index contributed by atoms with van der Waals surface area (Å²) in [5, 5.41) is 3.74. The quantitative estimate of drug-likeness (QED) is 0.363. The highest BCUT2D eigenvalue weighted by Crippen LogP contribution is 2.29. The first kappa shape index (κ1) is 29.2. The molecule has 1 atom stereocenters. The van der Waals surface area contributed by atoms with Gasteiger partial charge in [0.15, 0.2) is 0 Å². The van der Waals surface area contributed by atoms with E-state index >= 15 is 0 Å². The van der Waals surface area contributed by atoms with E-state index in [-0.39, 0.29) is 12.5 Å². The number of nitrogens with zero attached hydrogens (tertiary/aromatic N) is 5. The number of nitrogens with one attached hydrogen (secondary N) is 1. The highest BCUT2D eigenvalue weighted by Gasteiger charge is 2.33. The Labute approximate surface area is 238 Å². The first-order chi connectivity index (χ1) is 19.7. The summed E-state index contributed by atoms with van der Waals surface area (Å²) < 4.78 is 44.5. The number of hydrogen-bond donors (Lipinski definition) is 1. The van der Waals surface area contributed by atoms with Crippen LogP contribution in [0.4, 0.5) is 19.0 Å². The van der Waals surface area contributed by atoms with Crippen molar-refractivity contribution in [3.63, 3.8) is 0 Å². The number of rotatable bonds is 9. The largest absolute Gasteiger partial charge is 0.429 e. The Kier molecular flexibility index (Phi) is 9.06. The summed E-state index contributed by atoms with van der Waals surface area (Å²) >= 11 is 0. The lowest BCUT2D eigenvalue weighted by Gasteiger charge is -2.35. The predicted octanol–water partition coefficient (Wildman–Crippen LogP) is 4.04. The fraction of sp³-hybridized carbons (Fsp3) is 0.500. The summed E-state index contributed by atoms with van der Waals surface area (Å²) in [5.74, 6) is 0.633. The van der Waals surface area contributed by atoms with E-state index in [1.165, 1.54) is 25.1 Å². The molecule has 1 aromatic heterocycles. The number of alkyl halides is 3. The van der Waals surface area contributed by atoms with Crippen LogP contribution in [0.1, 0.15) is 30.1 Å². The number of aromatic nitrogens is 1. The highest BCUT2D eigenvalue weighted by molar-refractivity contribution is 6.06. The fourth-order valence-electron chi connectivity index (χ4n) is 5.43. The van der Waals surface area contributed by atoms with Crippen molar-refractivity contribution >= 4 is 28.3 Å². The summed E-state index contributed by atoms with van der Waals surface area (Å²) in [7, 11) is 0. The van der Waals surface area contributed by atoms with Gasteiger partial charge in [-0.05, 0) is 49.6 Å². The van der Waals surface area contributed by atoms with Crippen molar-refractivity contribution in [2.45, 2.75) is 38.0 Å². The van der Waals surface area contributed by atoms with E-state index in [2.05, 4.69) is 31.6 Å². The molecule has 1 aliphatic carbocycles. The van der Waals surface area contributed by atoms with Crippen molar-refractivity contribution in [1.82, 2.24) is 20.1 Å². The number of fused-ring (bicyclic) bond motifs is 1. The lowest BCUT2D eigenvalue weighted by molar-refractivity contribution is -0.0591. The van der Waals surface area contributed by atoms with Crippen LogP contribution < -0.4 is 10.2 Å². The molecule has 0 radical (unpaired) electrons. The van der Waals surface area contributed by atoms with E-state index in [0.717, 1.165) is 55.9 Å². The summed E-state index contributed by atoms with van der Waals surface area (Å²) in [6.45, 7) is 11.0. The zero-order valence-corrected chi connectivity index (χ0v) is 23.4. The van der Waals surface area contributed by atoms with Crippen LogP contribution in [-0.4, -0.2) is 104 Å².